The number of ether oxygens (including phenoxy) is 1. The predicted octanol–water partition coefficient (Wildman–Crippen LogP) is 0.888. The maximum Gasteiger partial charge on any atom is 0.242 e. The van der Waals surface area contributed by atoms with Gasteiger partial charge in [0, 0.05) is 31.2 Å². The number of hydrogen-bond acceptors (Lipinski definition) is 5. The van der Waals surface area contributed by atoms with Crippen LogP contribution in [0, 0.1) is 0 Å². The molecule has 0 amide bonds. The molecule has 0 aliphatic carbocycles. The van der Waals surface area contributed by atoms with Crippen molar-refractivity contribution in [2.45, 2.75) is 4.90 Å². The van der Waals surface area contributed by atoms with Crippen molar-refractivity contribution in [1.29, 1.82) is 0 Å². The lowest BCUT2D eigenvalue weighted by atomic mass is 10.3. The topological polar surface area (TPSA) is 84.7 Å². The second kappa shape index (κ2) is 7.94. The zero-order chi connectivity index (χ0) is 15.2. The molecule has 8 heteroatoms. The van der Waals surface area contributed by atoms with Gasteiger partial charge in [-0.25, -0.2) is 13.1 Å². The number of nitrogens with two attached hydrogens (primary N) is 1. The number of nitrogens with zero attached hydrogens (tertiary/aromatic N) is 1. The summed E-state index contributed by atoms with van der Waals surface area (Å²) in [5.41, 5.74) is 5.95. The van der Waals surface area contributed by atoms with Gasteiger partial charge in [-0.1, -0.05) is 15.9 Å². The van der Waals surface area contributed by atoms with E-state index in [1.165, 1.54) is 6.07 Å². The maximum absolute atomic E-state index is 12.1. The Labute approximate surface area is 128 Å². The van der Waals surface area contributed by atoms with E-state index in [9.17, 15) is 8.42 Å². The molecular formula is C12H20BrN3O3S. The predicted molar refractivity (Wildman–Crippen MR) is 83.1 cm³/mol. The van der Waals surface area contributed by atoms with Crippen LogP contribution in [-0.4, -0.2) is 53.7 Å². The van der Waals surface area contributed by atoms with E-state index in [2.05, 4.69) is 20.7 Å². The fourth-order valence-corrected chi connectivity index (χ4v) is 3.08. The van der Waals surface area contributed by atoms with Crippen molar-refractivity contribution in [3.05, 3.63) is 22.7 Å². The minimum Gasteiger partial charge on any atom is -0.398 e. The number of nitrogen functional groups attached to an aromatic ring is 1. The maximum atomic E-state index is 12.1. The second-order valence-electron chi connectivity index (χ2n) is 4.38. The van der Waals surface area contributed by atoms with E-state index in [0.717, 1.165) is 11.0 Å². The number of rotatable bonds is 8. The van der Waals surface area contributed by atoms with Crippen LogP contribution in [0.2, 0.25) is 0 Å². The lowest BCUT2D eigenvalue weighted by Gasteiger charge is -2.16. The van der Waals surface area contributed by atoms with E-state index in [1.54, 1.807) is 19.2 Å². The summed E-state index contributed by atoms with van der Waals surface area (Å²) >= 11 is 3.25. The van der Waals surface area contributed by atoms with Gasteiger partial charge in [0.1, 0.15) is 4.90 Å². The average molecular weight is 366 g/mol. The van der Waals surface area contributed by atoms with Gasteiger partial charge in [-0.15, -0.1) is 0 Å². The van der Waals surface area contributed by atoms with Crippen LogP contribution in [0.15, 0.2) is 27.6 Å². The minimum atomic E-state index is -3.58. The zero-order valence-electron chi connectivity index (χ0n) is 11.6. The Morgan fingerprint density at radius 2 is 2.10 bits per heavy atom. The summed E-state index contributed by atoms with van der Waals surface area (Å²) in [7, 11) is -0.0418. The van der Waals surface area contributed by atoms with E-state index in [-0.39, 0.29) is 10.6 Å². The second-order valence-corrected chi connectivity index (χ2v) is 7.03. The Balaban J connectivity index is 2.58. The van der Waals surface area contributed by atoms with E-state index in [4.69, 9.17) is 10.5 Å². The van der Waals surface area contributed by atoms with Crippen molar-refractivity contribution in [1.82, 2.24) is 9.62 Å². The molecule has 114 valence electrons. The average Bonchev–Trinajstić information content (AvgIpc) is 2.35. The van der Waals surface area contributed by atoms with Crippen molar-refractivity contribution in [3.8, 4) is 0 Å². The van der Waals surface area contributed by atoms with E-state index in [1.807, 2.05) is 11.9 Å². The lowest BCUT2D eigenvalue weighted by molar-refractivity contribution is 0.162. The third kappa shape index (κ3) is 5.37. The van der Waals surface area contributed by atoms with Gasteiger partial charge in [0.25, 0.3) is 0 Å². The van der Waals surface area contributed by atoms with Crippen LogP contribution in [0.5, 0.6) is 0 Å². The molecule has 0 saturated heterocycles. The van der Waals surface area contributed by atoms with E-state index < -0.39 is 10.0 Å². The van der Waals surface area contributed by atoms with Crippen LogP contribution in [0.3, 0.4) is 0 Å². The smallest absolute Gasteiger partial charge is 0.242 e. The van der Waals surface area contributed by atoms with Crippen molar-refractivity contribution < 1.29 is 13.2 Å². The standard InChI is InChI=1S/C12H20BrN3O3S/c1-16(7-8-19-2)6-5-15-20(17,18)12-4-3-10(13)9-11(12)14/h3-4,9,15H,5-8,14H2,1-2H3. The molecule has 0 fully saturated rings. The van der Waals surface area contributed by atoms with Crippen molar-refractivity contribution in [3.63, 3.8) is 0 Å². The summed E-state index contributed by atoms with van der Waals surface area (Å²) < 4.78 is 32.5. The highest BCUT2D eigenvalue weighted by molar-refractivity contribution is 9.10. The fraction of sp³-hybridized carbons (Fsp3) is 0.500. The van der Waals surface area contributed by atoms with Gasteiger partial charge in [0.05, 0.1) is 12.3 Å². The molecule has 0 radical (unpaired) electrons. The van der Waals surface area contributed by atoms with E-state index >= 15 is 0 Å². The third-order valence-corrected chi connectivity index (χ3v) is 4.75. The molecule has 0 aliphatic heterocycles. The molecule has 1 aromatic carbocycles. The molecular weight excluding hydrogens is 346 g/mol. The summed E-state index contributed by atoms with van der Waals surface area (Å²) in [4.78, 5) is 2.08. The van der Waals surface area contributed by atoms with Gasteiger partial charge in [-0.2, -0.15) is 0 Å². The number of nitrogens with one attached hydrogen (secondary N) is 1. The van der Waals surface area contributed by atoms with Gasteiger partial charge in [-0.3, -0.25) is 0 Å². The molecule has 0 unspecified atom stereocenters. The van der Waals surface area contributed by atoms with Gasteiger partial charge < -0.3 is 15.4 Å². The van der Waals surface area contributed by atoms with Crippen LogP contribution in [0.4, 0.5) is 5.69 Å². The van der Waals surface area contributed by atoms with Crippen LogP contribution in [-0.2, 0) is 14.8 Å². The quantitative estimate of drug-likeness (QED) is 0.668. The summed E-state index contributed by atoms with van der Waals surface area (Å²) in [6.45, 7) is 2.28. The van der Waals surface area contributed by atoms with Crippen molar-refractivity contribution in [2.24, 2.45) is 0 Å². The van der Waals surface area contributed by atoms with Gasteiger partial charge in [0.15, 0.2) is 0 Å². The number of halogens is 1. The molecule has 1 aromatic rings. The first-order valence-electron chi connectivity index (χ1n) is 6.09. The molecule has 6 nitrogen and oxygen atoms in total. The molecule has 0 spiro atoms. The fourth-order valence-electron chi connectivity index (χ4n) is 1.57. The molecule has 3 N–H and O–H groups in total. The van der Waals surface area contributed by atoms with Gasteiger partial charge >= 0.3 is 0 Å². The number of benzene rings is 1. The Morgan fingerprint density at radius 3 is 2.70 bits per heavy atom. The normalized spacial score (nSPS) is 12.0. The van der Waals surface area contributed by atoms with Crippen LogP contribution in [0.1, 0.15) is 0 Å². The zero-order valence-corrected chi connectivity index (χ0v) is 14.0. The first-order valence-corrected chi connectivity index (χ1v) is 8.36. The van der Waals surface area contributed by atoms with Crippen LogP contribution in [0.25, 0.3) is 0 Å². The number of hydrogen-bond donors (Lipinski definition) is 2. The SMILES string of the molecule is COCCN(C)CCNS(=O)(=O)c1ccc(Br)cc1N. The number of sulfonamides is 1. The van der Waals surface area contributed by atoms with Gasteiger partial charge in [0.2, 0.25) is 10.0 Å². The Hall–Kier alpha value is -0.670. The monoisotopic (exact) mass is 365 g/mol. The Morgan fingerprint density at radius 1 is 1.40 bits per heavy atom. The Bertz CT molecular complexity index is 537. The highest BCUT2D eigenvalue weighted by Crippen LogP contribution is 2.22. The summed E-state index contributed by atoms with van der Waals surface area (Å²) in [5.74, 6) is 0. The van der Waals surface area contributed by atoms with E-state index in [0.29, 0.717) is 19.7 Å². The largest absolute Gasteiger partial charge is 0.398 e. The molecule has 0 aliphatic rings. The molecule has 0 aromatic heterocycles. The molecule has 0 atom stereocenters. The summed E-state index contributed by atoms with van der Waals surface area (Å²) in [6.07, 6.45) is 0. The minimum absolute atomic E-state index is 0.0974. The van der Waals surface area contributed by atoms with Crippen molar-refractivity contribution >= 4 is 31.6 Å². The molecule has 0 saturated carbocycles. The molecule has 0 bridgehead atoms. The third-order valence-electron chi connectivity index (χ3n) is 2.72. The lowest BCUT2D eigenvalue weighted by Crippen LogP contribution is -2.34. The molecule has 0 heterocycles. The Kier molecular flexibility index (Phi) is 6.90. The van der Waals surface area contributed by atoms with Crippen molar-refractivity contribution in [2.75, 3.05) is 46.1 Å². The number of methoxy groups -OCH3 is 1. The van der Waals surface area contributed by atoms with Crippen LogP contribution >= 0.6 is 15.9 Å². The molecule has 20 heavy (non-hydrogen) atoms. The number of anilines is 1. The molecule has 1 rings (SSSR count). The highest BCUT2D eigenvalue weighted by atomic mass is 79.9. The first-order chi connectivity index (χ1) is 9.36. The number of likely N-dealkylation sites (N-methyl/N-ethyl adjacent to an activating group) is 1. The summed E-state index contributed by atoms with van der Waals surface area (Å²) in [5, 5.41) is 0. The summed E-state index contributed by atoms with van der Waals surface area (Å²) in [6, 6.07) is 4.70. The highest BCUT2D eigenvalue weighted by Gasteiger charge is 2.17. The first kappa shape index (κ1) is 17.4. The van der Waals surface area contributed by atoms with Gasteiger partial charge in [-0.05, 0) is 25.2 Å². The van der Waals surface area contributed by atoms with Crippen LogP contribution < -0.4 is 10.5 Å².